The SMILES string of the molecule is CC(=O)OC[C@@H]1O[C@@H]2SC(N(C)C)=N[C@@H]2[C@H](CC(=O)O)[C@@H]1CC(=O)O. The summed E-state index contributed by atoms with van der Waals surface area (Å²) in [7, 11) is 3.64. The number of rotatable bonds is 6. The highest BCUT2D eigenvalue weighted by Crippen LogP contribution is 2.45. The zero-order valence-electron chi connectivity index (χ0n) is 14.2. The first-order chi connectivity index (χ1) is 11.7. The molecule has 2 rings (SSSR count). The molecule has 2 aliphatic rings. The van der Waals surface area contributed by atoms with Gasteiger partial charge in [-0.2, -0.15) is 0 Å². The quantitative estimate of drug-likeness (QED) is 0.639. The Bertz CT molecular complexity index is 580. The number of carboxylic acid groups (broad SMARTS) is 2. The van der Waals surface area contributed by atoms with Gasteiger partial charge < -0.3 is 24.6 Å². The number of ether oxygens (including phenoxy) is 2. The first-order valence-corrected chi connectivity index (χ1v) is 8.71. The highest BCUT2D eigenvalue weighted by Gasteiger charge is 2.50. The minimum absolute atomic E-state index is 0.107. The molecule has 0 aromatic rings. The summed E-state index contributed by atoms with van der Waals surface area (Å²) in [6.07, 6.45) is -1.18. The second kappa shape index (κ2) is 8.05. The number of esters is 1. The molecule has 0 aromatic carbocycles. The van der Waals surface area contributed by atoms with E-state index in [-0.39, 0.29) is 19.4 Å². The standard InChI is InChI=1S/C15H22N2O7S/c1-7(18)23-6-10-8(4-11(19)20)9(5-12(21)22)13-14(24-10)25-15(16-13)17(2)3/h8-10,13-14H,4-6H2,1-3H3,(H,19,20)(H,21,22)/t8-,9+,10-,13+,14+/m0/s1. The van der Waals surface area contributed by atoms with E-state index in [9.17, 15) is 24.6 Å². The van der Waals surface area contributed by atoms with Crippen molar-refractivity contribution in [2.75, 3.05) is 20.7 Å². The molecule has 1 fully saturated rings. The van der Waals surface area contributed by atoms with Crippen molar-refractivity contribution in [3.63, 3.8) is 0 Å². The lowest BCUT2D eigenvalue weighted by Gasteiger charge is -2.42. The molecule has 2 aliphatic heterocycles. The molecule has 25 heavy (non-hydrogen) atoms. The zero-order chi connectivity index (χ0) is 18.7. The number of carbonyl (C=O) groups excluding carboxylic acids is 1. The number of fused-ring (bicyclic) bond motifs is 1. The minimum Gasteiger partial charge on any atom is -0.481 e. The lowest BCUT2D eigenvalue weighted by Crippen LogP contribution is -2.50. The van der Waals surface area contributed by atoms with Crippen molar-refractivity contribution < 1.29 is 34.1 Å². The molecule has 0 radical (unpaired) electrons. The van der Waals surface area contributed by atoms with E-state index in [1.54, 1.807) is 4.90 Å². The van der Waals surface area contributed by atoms with Gasteiger partial charge in [0.2, 0.25) is 0 Å². The van der Waals surface area contributed by atoms with Crippen LogP contribution in [0.2, 0.25) is 0 Å². The molecule has 10 heteroatoms. The Morgan fingerprint density at radius 1 is 1.20 bits per heavy atom. The highest BCUT2D eigenvalue weighted by molar-refractivity contribution is 8.14. The van der Waals surface area contributed by atoms with E-state index < -0.39 is 47.3 Å². The Kier molecular flexibility index (Phi) is 6.28. The molecule has 2 heterocycles. The van der Waals surface area contributed by atoms with Crippen LogP contribution in [0, 0.1) is 11.8 Å². The molecular weight excluding hydrogens is 352 g/mol. The van der Waals surface area contributed by atoms with Crippen molar-refractivity contribution in [2.45, 2.75) is 37.3 Å². The van der Waals surface area contributed by atoms with Gasteiger partial charge in [-0.1, -0.05) is 11.8 Å². The van der Waals surface area contributed by atoms with Crippen LogP contribution in [-0.4, -0.2) is 76.5 Å². The summed E-state index contributed by atoms with van der Waals surface area (Å²) >= 11 is 1.37. The van der Waals surface area contributed by atoms with Gasteiger partial charge in [-0.3, -0.25) is 19.4 Å². The van der Waals surface area contributed by atoms with Crippen molar-refractivity contribution in [3.8, 4) is 0 Å². The second-order valence-corrected chi connectivity index (χ2v) is 7.35. The second-order valence-electron chi connectivity index (χ2n) is 6.28. The monoisotopic (exact) mass is 374 g/mol. The lowest BCUT2D eigenvalue weighted by atomic mass is 9.76. The summed E-state index contributed by atoms with van der Waals surface area (Å²) in [6.45, 7) is 1.15. The normalized spacial score (nSPS) is 31.0. The molecule has 5 atom stereocenters. The van der Waals surface area contributed by atoms with Crippen molar-refractivity contribution in [2.24, 2.45) is 16.8 Å². The van der Waals surface area contributed by atoms with Crippen LogP contribution < -0.4 is 0 Å². The maximum atomic E-state index is 11.3. The molecule has 1 saturated heterocycles. The maximum Gasteiger partial charge on any atom is 0.303 e. The third-order valence-electron chi connectivity index (χ3n) is 4.19. The molecule has 0 bridgehead atoms. The van der Waals surface area contributed by atoms with Crippen LogP contribution in [0.15, 0.2) is 4.99 Å². The van der Waals surface area contributed by atoms with Crippen molar-refractivity contribution in [1.82, 2.24) is 4.90 Å². The Labute approximate surface area is 149 Å². The van der Waals surface area contributed by atoms with Crippen LogP contribution in [0.1, 0.15) is 19.8 Å². The molecule has 140 valence electrons. The Morgan fingerprint density at radius 3 is 2.32 bits per heavy atom. The number of amidine groups is 1. The zero-order valence-corrected chi connectivity index (χ0v) is 15.1. The highest BCUT2D eigenvalue weighted by atomic mass is 32.2. The number of hydrogen-bond acceptors (Lipinski definition) is 8. The van der Waals surface area contributed by atoms with E-state index in [4.69, 9.17) is 9.47 Å². The van der Waals surface area contributed by atoms with Gasteiger partial charge in [-0.15, -0.1) is 0 Å². The predicted octanol–water partition coefficient (Wildman–Crippen LogP) is 0.489. The topological polar surface area (TPSA) is 126 Å². The van der Waals surface area contributed by atoms with E-state index in [1.165, 1.54) is 18.7 Å². The van der Waals surface area contributed by atoms with Crippen LogP contribution in [0.25, 0.3) is 0 Å². The molecule has 0 aliphatic carbocycles. The van der Waals surface area contributed by atoms with Crippen LogP contribution in [0.5, 0.6) is 0 Å². The fourth-order valence-electron chi connectivity index (χ4n) is 3.14. The van der Waals surface area contributed by atoms with E-state index in [0.29, 0.717) is 5.17 Å². The largest absolute Gasteiger partial charge is 0.481 e. The van der Waals surface area contributed by atoms with Crippen molar-refractivity contribution in [1.29, 1.82) is 0 Å². The van der Waals surface area contributed by atoms with Gasteiger partial charge in [0, 0.05) is 32.9 Å². The third-order valence-corrected chi connectivity index (χ3v) is 5.49. The van der Waals surface area contributed by atoms with E-state index in [0.717, 1.165) is 0 Å². The number of nitrogens with zero attached hydrogens (tertiary/aromatic N) is 2. The Hall–Kier alpha value is -1.81. The summed E-state index contributed by atoms with van der Waals surface area (Å²) in [4.78, 5) is 40.1. The van der Waals surface area contributed by atoms with Gasteiger partial charge in [-0.05, 0) is 0 Å². The van der Waals surface area contributed by atoms with Crippen LogP contribution in [0.4, 0.5) is 0 Å². The van der Waals surface area contributed by atoms with E-state index in [1.807, 2.05) is 14.1 Å². The van der Waals surface area contributed by atoms with Gasteiger partial charge in [0.05, 0.1) is 25.0 Å². The summed E-state index contributed by atoms with van der Waals surface area (Å²) in [5, 5.41) is 19.2. The molecule has 0 unspecified atom stereocenters. The predicted molar refractivity (Wildman–Crippen MR) is 89.3 cm³/mol. The van der Waals surface area contributed by atoms with Gasteiger partial charge >= 0.3 is 17.9 Å². The summed E-state index contributed by atoms with van der Waals surface area (Å²) in [5.41, 5.74) is -0.424. The summed E-state index contributed by atoms with van der Waals surface area (Å²) < 4.78 is 11.0. The average molecular weight is 374 g/mol. The maximum absolute atomic E-state index is 11.3. The van der Waals surface area contributed by atoms with Gasteiger partial charge in [-0.25, -0.2) is 0 Å². The number of carbonyl (C=O) groups is 3. The lowest BCUT2D eigenvalue weighted by molar-refractivity contribution is -0.162. The molecule has 0 aromatic heterocycles. The number of hydrogen-bond donors (Lipinski definition) is 2. The molecule has 2 N–H and O–H groups in total. The Morgan fingerprint density at radius 2 is 1.80 bits per heavy atom. The number of carboxylic acids is 2. The van der Waals surface area contributed by atoms with Gasteiger partial charge in [0.1, 0.15) is 12.0 Å². The van der Waals surface area contributed by atoms with Crippen molar-refractivity contribution in [3.05, 3.63) is 0 Å². The third kappa shape index (κ3) is 4.85. The van der Waals surface area contributed by atoms with E-state index in [2.05, 4.69) is 4.99 Å². The smallest absolute Gasteiger partial charge is 0.303 e. The van der Waals surface area contributed by atoms with E-state index >= 15 is 0 Å². The van der Waals surface area contributed by atoms with Crippen LogP contribution >= 0.6 is 11.8 Å². The van der Waals surface area contributed by atoms with Gasteiger partial charge in [0.25, 0.3) is 0 Å². The molecule has 0 amide bonds. The van der Waals surface area contributed by atoms with Gasteiger partial charge in [0.15, 0.2) is 5.17 Å². The first-order valence-electron chi connectivity index (χ1n) is 7.83. The van der Waals surface area contributed by atoms with Crippen LogP contribution in [-0.2, 0) is 23.9 Å². The number of thioether (sulfide) groups is 1. The summed E-state index contributed by atoms with van der Waals surface area (Å²) in [5.74, 6) is -3.71. The van der Waals surface area contributed by atoms with Crippen LogP contribution in [0.3, 0.4) is 0 Å². The fourth-order valence-corrected chi connectivity index (χ4v) is 4.34. The fraction of sp³-hybridized carbons (Fsp3) is 0.733. The van der Waals surface area contributed by atoms with Crippen molar-refractivity contribution >= 4 is 34.8 Å². The first kappa shape index (κ1) is 19.5. The molecule has 0 spiro atoms. The minimum atomic E-state index is -1.06. The number of aliphatic carboxylic acids is 2. The molecule has 0 saturated carbocycles. The Balaban J connectivity index is 2.30. The summed E-state index contributed by atoms with van der Waals surface area (Å²) in [6, 6.07) is -0.448. The average Bonchev–Trinajstić information content (AvgIpc) is 2.91. The molecular formula is C15H22N2O7S. The molecule has 9 nitrogen and oxygen atoms in total. The number of aliphatic imine (C=N–C) groups is 1.